The Labute approximate surface area is 123 Å². The smallest absolute Gasteiger partial charge is 0.243 e. The Morgan fingerprint density at radius 1 is 1.00 bits per heavy atom. The largest absolute Gasteiger partial charge is 0.350 e. The molecule has 0 saturated carbocycles. The van der Waals surface area contributed by atoms with E-state index in [2.05, 4.69) is 42.7 Å². The Balaban J connectivity index is 1.75. The third kappa shape index (κ3) is 3.38. The molecule has 2 aromatic rings. The quantitative estimate of drug-likeness (QED) is 0.564. The van der Waals surface area contributed by atoms with Crippen LogP contribution in [0.5, 0.6) is 0 Å². The van der Waals surface area contributed by atoms with Gasteiger partial charge in [0.05, 0.1) is 0 Å². The first-order valence-electron chi connectivity index (χ1n) is 7.10. The topological polar surface area (TPSA) is 92.0 Å². The van der Waals surface area contributed by atoms with E-state index in [1.54, 1.807) is 0 Å². The summed E-state index contributed by atoms with van der Waals surface area (Å²) >= 11 is 0. The van der Waals surface area contributed by atoms with Crippen molar-refractivity contribution in [3.8, 4) is 0 Å². The van der Waals surface area contributed by atoms with Crippen molar-refractivity contribution >= 4 is 17.8 Å². The van der Waals surface area contributed by atoms with Crippen LogP contribution in [0.25, 0.3) is 0 Å². The minimum Gasteiger partial charge on any atom is -0.350 e. The molecule has 0 atom stereocenters. The second-order valence-electron chi connectivity index (χ2n) is 4.96. The summed E-state index contributed by atoms with van der Waals surface area (Å²) in [4.78, 5) is 15.2. The number of aromatic nitrogens is 3. The van der Waals surface area contributed by atoms with Crippen LogP contribution >= 0.6 is 0 Å². The van der Waals surface area contributed by atoms with Crippen LogP contribution in [0, 0.1) is 0 Å². The van der Waals surface area contributed by atoms with E-state index >= 15 is 0 Å². The lowest BCUT2D eigenvalue weighted by molar-refractivity contribution is 0.876. The summed E-state index contributed by atoms with van der Waals surface area (Å²) in [5.74, 6) is 7.03. The summed E-state index contributed by atoms with van der Waals surface area (Å²) in [6, 6.07) is 10.1. The number of nitrogens with two attached hydrogens (primary N) is 1. The highest BCUT2D eigenvalue weighted by Crippen LogP contribution is 2.18. The molecule has 7 nitrogen and oxygen atoms in total. The van der Waals surface area contributed by atoms with Gasteiger partial charge >= 0.3 is 0 Å². The van der Waals surface area contributed by atoms with Crippen LogP contribution in [-0.2, 0) is 6.54 Å². The van der Waals surface area contributed by atoms with Crippen LogP contribution in [0.2, 0.25) is 0 Å². The fraction of sp³-hybridized carbons (Fsp3) is 0.357. The van der Waals surface area contributed by atoms with Gasteiger partial charge in [-0.2, -0.15) is 15.0 Å². The van der Waals surface area contributed by atoms with E-state index in [1.165, 1.54) is 18.4 Å². The third-order valence-electron chi connectivity index (χ3n) is 3.44. The van der Waals surface area contributed by atoms with Crippen molar-refractivity contribution < 1.29 is 0 Å². The fourth-order valence-corrected chi connectivity index (χ4v) is 2.34. The lowest BCUT2D eigenvalue weighted by Crippen LogP contribution is -2.23. The lowest BCUT2D eigenvalue weighted by atomic mass is 10.2. The van der Waals surface area contributed by atoms with E-state index in [0.717, 1.165) is 13.1 Å². The highest BCUT2D eigenvalue weighted by Gasteiger charge is 2.17. The van der Waals surface area contributed by atoms with E-state index < -0.39 is 0 Å². The van der Waals surface area contributed by atoms with Crippen molar-refractivity contribution in [1.29, 1.82) is 0 Å². The minimum absolute atomic E-state index is 0.377. The molecule has 1 fully saturated rings. The normalized spacial score (nSPS) is 14.2. The summed E-state index contributed by atoms with van der Waals surface area (Å²) in [6.07, 6.45) is 2.34. The predicted molar refractivity (Wildman–Crippen MR) is 82.9 cm³/mol. The summed E-state index contributed by atoms with van der Waals surface area (Å²) in [5.41, 5.74) is 3.67. The molecule has 0 radical (unpaired) electrons. The predicted octanol–water partition coefficient (Wildman–Crippen LogP) is 1.37. The molecule has 1 aliphatic rings. The molecule has 1 aromatic heterocycles. The number of nitrogens with one attached hydrogen (secondary N) is 2. The van der Waals surface area contributed by atoms with Crippen LogP contribution in [0.4, 0.5) is 17.8 Å². The van der Waals surface area contributed by atoms with Crippen molar-refractivity contribution in [2.24, 2.45) is 5.84 Å². The van der Waals surface area contributed by atoms with Crippen LogP contribution < -0.4 is 21.5 Å². The molecule has 0 amide bonds. The Morgan fingerprint density at radius 2 is 1.71 bits per heavy atom. The van der Waals surface area contributed by atoms with Crippen molar-refractivity contribution in [2.45, 2.75) is 19.4 Å². The lowest BCUT2D eigenvalue weighted by Gasteiger charge is -2.16. The Kier molecular flexibility index (Phi) is 4.11. The Bertz CT molecular complexity index is 581. The van der Waals surface area contributed by atoms with Crippen molar-refractivity contribution in [3.63, 3.8) is 0 Å². The molecule has 1 aliphatic heterocycles. The molecule has 2 heterocycles. The molecule has 21 heavy (non-hydrogen) atoms. The molecule has 4 N–H and O–H groups in total. The van der Waals surface area contributed by atoms with E-state index in [1.807, 2.05) is 18.2 Å². The molecular weight excluding hydrogens is 266 g/mol. The van der Waals surface area contributed by atoms with Gasteiger partial charge in [0.25, 0.3) is 0 Å². The highest BCUT2D eigenvalue weighted by atomic mass is 15.4. The Morgan fingerprint density at radius 3 is 2.43 bits per heavy atom. The van der Waals surface area contributed by atoms with E-state index in [9.17, 15) is 0 Å². The average Bonchev–Trinajstić information content (AvgIpc) is 3.08. The molecule has 0 bridgehead atoms. The minimum atomic E-state index is 0.377. The molecule has 1 aromatic carbocycles. The first kappa shape index (κ1) is 13.6. The van der Waals surface area contributed by atoms with Gasteiger partial charge in [0.2, 0.25) is 17.8 Å². The van der Waals surface area contributed by atoms with Gasteiger partial charge in [0.1, 0.15) is 0 Å². The number of nitrogens with zero attached hydrogens (tertiary/aromatic N) is 4. The highest BCUT2D eigenvalue weighted by molar-refractivity contribution is 5.44. The molecule has 110 valence electrons. The van der Waals surface area contributed by atoms with Crippen molar-refractivity contribution in [2.75, 3.05) is 28.7 Å². The molecule has 3 rings (SSSR count). The summed E-state index contributed by atoms with van der Waals surface area (Å²) in [6.45, 7) is 2.62. The Hall–Kier alpha value is -2.41. The zero-order valence-electron chi connectivity index (χ0n) is 11.8. The molecule has 0 unspecified atom stereocenters. The van der Waals surface area contributed by atoms with Gasteiger partial charge in [-0.25, -0.2) is 5.84 Å². The van der Waals surface area contributed by atoms with Gasteiger partial charge in [-0.1, -0.05) is 30.3 Å². The number of hydrogen-bond acceptors (Lipinski definition) is 7. The van der Waals surface area contributed by atoms with Crippen LogP contribution in [-0.4, -0.2) is 28.0 Å². The fourth-order valence-electron chi connectivity index (χ4n) is 2.34. The van der Waals surface area contributed by atoms with Gasteiger partial charge < -0.3 is 10.2 Å². The van der Waals surface area contributed by atoms with Crippen LogP contribution in [0.15, 0.2) is 30.3 Å². The maximum absolute atomic E-state index is 5.44. The standard InChI is InChI=1S/C14H19N7/c15-20-13-17-12(16-10-11-6-2-1-3-7-11)18-14(19-13)21-8-4-5-9-21/h1-3,6-7H,4-5,8-10,15H2,(H2,16,17,18,19,20). The second kappa shape index (κ2) is 6.36. The first-order chi connectivity index (χ1) is 10.3. The number of rotatable bonds is 5. The van der Waals surface area contributed by atoms with Gasteiger partial charge in [0, 0.05) is 19.6 Å². The monoisotopic (exact) mass is 285 g/mol. The first-order valence-corrected chi connectivity index (χ1v) is 7.10. The van der Waals surface area contributed by atoms with E-state index in [4.69, 9.17) is 5.84 Å². The van der Waals surface area contributed by atoms with E-state index in [-0.39, 0.29) is 0 Å². The molecule has 0 spiro atoms. The maximum Gasteiger partial charge on any atom is 0.243 e. The second-order valence-corrected chi connectivity index (χ2v) is 4.96. The number of nitrogen functional groups attached to an aromatic ring is 1. The van der Waals surface area contributed by atoms with E-state index in [0.29, 0.717) is 24.4 Å². The van der Waals surface area contributed by atoms with Crippen LogP contribution in [0.1, 0.15) is 18.4 Å². The van der Waals surface area contributed by atoms with Gasteiger partial charge in [-0.15, -0.1) is 0 Å². The van der Waals surface area contributed by atoms with Gasteiger partial charge in [-0.05, 0) is 18.4 Å². The van der Waals surface area contributed by atoms with Gasteiger partial charge in [-0.3, -0.25) is 5.43 Å². The van der Waals surface area contributed by atoms with Crippen molar-refractivity contribution in [1.82, 2.24) is 15.0 Å². The number of hydrogen-bond donors (Lipinski definition) is 3. The van der Waals surface area contributed by atoms with Gasteiger partial charge in [0.15, 0.2) is 0 Å². The SMILES string of the molecule is NNc1nc(NCc2ccccc2)nc(N2CCCC2)n1. The zero-order valence-corrected chi connectivity index (χ0v) is 11.8. The number of benzene rings is 1. The maximum atomic E-state index is 5.44. The molecule has 7 heteroatoms. The third-order valence-corrected chi connectivity index (χ3v) is 3.44. The van der Waals surface area contributed by atoms with Crippen LogP contribution in [0.3, 0.4) is 0 Å². The molecule has 0 aliphatic carbocycles. The molecular formula is C14H19N7. The number of hydrazine groups is 1. The zero-order chi connectivity index (χ0) is 14.5. The van der Waals surface area contributed by atoms with Crippen molar-refractivity contribution in [3.05, 3.63) is 35.9 Å². The molecule has 1 saturated heterocycles. The summed E-state index contributed by atoms with van der Waals surface area (Å²) in [7, 11) is 0. The summed E-state index contributed by atoms with van der Waals surface area (Å²) < 4.78 is 0. The summed E-state index contributed by atoms with van der Waals surface area (Å²) in [5, 5.41) is 3.22. The average molecular weight is 285 g/mol. The number of anilines is 3.